The molecule has 110 valence electrons. The molecule has 1 heterocycles. The van der Waals surface area contributed by atoms with Gasteiger partial charge in [-0.3, -0.25) is 4.79 Å². The van der Waals surface area contributed by atoms with Gasteiger partial charge in [-0.25, -0.2) is 0 Å². The van der Waals surface area contributed by atoms with Crippen molar-refractivity contribution in [3.8, 4) is 0 Å². The Hall–Kier alpha value is -0.520. The first kappa shape index (κ1) is 15.9. The Kier molecular flexibility index (Phi) is 5.93. The van der Waals surface area contributed by atoms with Gasteiger partial charge in [-0.05, 0) is 24.3 Å². The van der Waals surface area contributed by atoms with Crippen molar-refractivity contribution in [2.24, 2.45) is 0 Å². The number of quaternary nitrogens is 1. The monoisotopic (exact) mass is 337 g/mol. The molecule has 0 radical (unpaired) electrons. The number of alkyl halides is 2. The van der Waals surface area contributed by atoms with Crippen LogP contribution in [0.3, 0.4) is 0 Å². The second-order valence-electron chi connectivity index (χ2n) is 4.56. The smallest absolute Gasteiger partial charge is 0.255 e. The SMILES string of the molecule is O=C(N[C@@H](C(Cl)Cl)[NH+]1CCOCC1)c1ccc(Cl)cc1. The average molecular weight is 339 g/mol. The topological polar surface area (TPSA) is 42.8 Å². The second-order valence-corrected chi connectivity index (χ2v) is 6.16. The second kappa shape index (κ2) is 7.48. The van der Waals surface area contributed by atoms with Gasteiger partial charge in [0.2, 0.25) is 0 Å². The summed E-state index contributed by atoms with van der Waals surface area (Å²) in [5.41, 5.74) is 0.529. The Labute approximate surface area is 132 Å². The van der Waals surface area contributed by atoms with Crippen molar-refractivity contribution in [2.75, 3.05) is 26.3 Å². The van der Waals surface area contributed by atoms with E-state index in [4.69, 9.17) is 39.5 Å². The highest BCUT2D eigenvalue weighted by atomic mass is 35.5. The number of benzene rings is 1. The van der Waals surface area contributed by atoms with Gasteiger partial charge in [-0.2, -0.15) is 0 Å². The van der Waals surface area contributed by atoms with Crippen LogP contribution in [-0.2, 0) is 4.74 Å². The Morgan fingerprint density at radius 2 is 1.80 bits per heavy atom. The molecule has 1 aliphatic rings. The molecule has 4 nitrogen and oxygen atoms in total. The van der Waals surface area contributed by atoms with E-state index in [9.17, 15) is 4.79 Å². The Balaban J connectivity index is 2.03. The molecule has 20 heavy (non-hydrogen) atoms. The first-order valence-corrected chi connectivity index (χ1v) is 7.60. The quantitative estimate of drug-likeness (QED) is 0.808. The molecule has 0 bridgehead atoms. The minimum Gasteiger partial charge on any atom is -0.370 e. The van der Waals surface area contributed by atoms with Crippen LogP contribution in [0.2, 0.25) is 5.02 Å². The standard InChI is InChI=1S/C13H15Cl3N2O2/c14-10-3-1-9(2-4-10)13(19)17-12(11(15)16)18-5-7-20-8-6-18/h1-4,11-12H,5-8H2,(H,17,19)/p+1/t12-/m1/s1. The third-order valence-corrected chi connectivity index (χ3v) is 3.98. The number of hydrogen-bond donors (Lipinski definition) is 2. The molecule has 7 heteroatoms. The van der Waals surface area contributed by atoms with Gasteiger partial charge in [0.25, 0.3) is 5.91 Å². The maximum Gasteiger partial charge on any atom is 0.255 e. The summed E-state index contributed by atoms with van der Waals surface area (Å²) in [6, 6.07) is 6.68. The lowest BCUT2D eigenvalue weighted by atomic mass is 10.2. The third kappa shape index (κ3) is 4.24. The fourth-order valence-electron chi connectivity index (χ4n) is 2.11. The van der Waals surface area contributed by atoms with Gasteiger partial charge in [0.15, 0.2) is 11.0 Å². The molecule has 0 spiro atoms. The Morgan fingerprint density at radius 3 is 2.35 bits per heavy atom. The summed E-state index contributed by atoms with van der Waals surface area (Å²) in [4.78, 5) is 12.6. The van der Waals surface area contributed by atoms with Crippen LogP contribution in [-0.4, -0.2) is 43.2 Å². The van der Waals surface area contributed by atoms with E-state index in [0.29, 0.717) is 23.8 Å². The third-order valence-electron chi connectivity index (χ3n) is 3.22. The summed E-state index contributed by atoms with van der Waals surface area (Å²) in [6.45, 7) is 2.81. The number of morpholine rings is 1. The van der Waals surface area contributed by atoms with Crippen molar-refractivity contribution in [3.63, 3.8) is 0 Å². The normalized spacial score (nSPS) is 18.0. The van der Waals surface area contributed by atoms with Crippen LogP contribution in [0.15, 0.2) is 24.3 Å². The number of carbonyl (C=O) groups excluding carboxylic acids is 1. The van der Waals surface area contributed by atoms with Crippen molar-refractivity contribution < 1.29 is 14.4 Å². The number of ether oxygens (including phenoxy) is 1. The van der Waals surface area contributed by atoms with Gasteiger partial charge in [0, 0.05) is 10.6 Å². The molecule has 1 amide bonds. The highest BCUT2D eigenvalue weighted by Gasteiger charge is 2.31. The van der Waals surface area contributed by atoms with Crippen molar-refractivity contribution in [1.29, 1.82) is 0 Å². The minimum atomic E-state index is -0.681. The summed E-state index contributed by atoms with van der Waals surface area (Å²) < 4.78 is 5.30. The van der Waals surface area contributed by atoms with E-state index in [1.807, 2.05) is 0 Å². The van der Waals surface area contributed by atoms with Crippen LogP contribution >= 0.6 is 34.8 Å². The lowest BCUT2D eigenvalue weighted by molar-refractivity contribution is -0.933. The zero-order valence-corrected chi connectivity index (χ0v) is 13.0. The molecule has 1 aromatic rings. The van der Waals surface area contributed by atoms with Crippen LogP contribution in [0.1, 0.15) is 10.4 Å². The molecule has 1 atom stereocenters. The maximum atomic E-state index is 12.2. The van der Waals surface area contributed by atoms with E-state index in [1.54, 1.807) is 24.3 Å². The van der Waals surface area contributed by atoms with E-state index in [1.165, 1.54) is 0 Å². The van der Waals surface area contributed by atoms with Crippen LogP contribution in [0.4, 0.5) is 0 Å². The van der Waals surface area contributed by atoms with Gasteiger partial charge in [0.05, 0.1) is 13.2 Å². The number of hydrogen-bond acceptors (Lipinski definition) is 2. The molecule has 1 fully saturated rings. The molecule has 0 unspecified atom stereocenters. The minimum absolute atomic E-state index is 0.211. The number of nitrogens with one attached hydrogen (secondary N) is 2. The molecular formula is C13H16Cl3N2O2+. The molecule has 1 aliphatic heterocycles. The van der Waals surface area contributed by atoms with Gasteiger partial charge in [-0.1, -0.05) is 34.8 Å². The predicted octanol–water partition coefficient (Wildman–Crippen LogP) is 1.11. The van der Waals surface area contributed by atoms with Gasteiger partial charge in [0.1, 0.15) is 13.1 Å². The fraction of sp³-hybridized carbons (Fsp3) is 0.462. The van der Waals surface area contributed by atoms with Crippen LogP contribution in [0.5, 0.6) is 0 Å². The van der Waals surface area contributed by atoms with Crippen LogP contribution < -0.4 is 10.2 Å². The summed E-state index contributed by atoms with van der Waals surface area (Å²) in [7, 11) is 0. The molecular weight excluding hydrogens is 323 g/mol. The molecule has 2 N–H and O–H groups in total. The van der Waals surface area contributed by atoms with Crippen molar-refractivity contribution in [3.05, 3.63) is 34.9 Å². The molecule has 1 aromatic carbocycles. The van der Waals surface area contributed by atoms with E-state index in [0.717, 1.165) is 18.0 Å². The molecule has 0 saturated carbocycles. The first-order chi connectivity index (χ1) is 9.58. The first-order valence-electron chi connectivity index (χ1n) is 6.35. The molecule has 2 rings (SSSR count). The van der Waals surface area contributed by atoms with Crippen LogP contribution in [0.25, 0.3) is 0 Å². The van der Waals surface area contributed by atoms with Gasteiger partial charge in [-0.15, -0.1) is 0 Å². The zero-order chi connectivity index (χ0) is 14.5. The van der Waals surface area contributed by atoms with Gasteiger partial charge >= 0.3 is 0 Å². The molecule has 0 aromatic heterocycles. The lowest BCUT2D eigenvalue weighted by Gasteiger charge is -2.32. The number of halogens is 3. The number of amides is 1. The predicted molar refractivity (Wildman–Crippen MR) is 79.7 cm³/mol. The zero-order valence-electron chi connectivity index (χ0n) is 10.7. The Morgan fingerprint density at radius 1 is 1.20 bits per heavy atom. The highest BCUT2D eigenvalue weighted by molar-refractivity contribution is 6.44. The van der Waals surface area contributed by atoms with E-state index >= 15 is 0 Å². The molecule has 1 saturated heterocycles. The summed E-state index contributed by atoms with van der Waals surface area (Å²) >= 11 is 17.8. The molecule has 0 aliphatic carbocycles. The lowest BCUT2D eigenvalue weighted by Crippen LogP contribution is -3.20. The summed E-state index contributed by atoms with van der Waals surface area (Å²) in [5.74, 6) is -0.211. The van der Waals surface area contributed by atoms with E-state index < -0.39 is 4.84 Å². The van der Waals surface area contributed by atoms with Crippen LogP contribution in [0, 0.1) is 0 Å². The van der Waals surface area contributed by atoms with E-state index in [-0.39, 0.29) is 12.1 Å². The Bertz CT molecular complexity index is 447. The summed E-state index contributed by atoms with van der Waals surface area (Å²) in [5, 5.41) is 3.47. The van der Waals surface area contributed by atoms with Crippen molar-refractivity contribution in [2.45, 2.75) is 11.0 Å². The fourth-order valence-corrected chi connectivity index (χ4v) is 2.72. The summed E-state index contributed by atoms with van der Waals surface area (Å²) in [6.07, 6.45) is -0.356. The maximum absolute atomic E-state index is 12.2. The van der Waals surface area contributed by atoms with Gasteiger partial charge < -0.3 is 15.0 Å². The van der Waals surface area contributed by atoms with Crippen molar-refractivity contribution in [1.82, 2.24) is 5.32 Å². The van der Waals surface area contributed by atoms with Crippen molar-refractivity contribution >= 4 is 40.7 Å². The highest BCUT2D eigenvalue weighted by Crippen LogP contribution is 2.10. The average Bonchev–Trinajstić information content (AvgIpc) is 2.46. The van der Waals surface area contributed by atoms with E-state index in [2.05, 4.69) is 5.32 Å². The largest absolute Gasteiger partial charge is 0.370 e. The number of carbonyl (C=O) groups is 1. The number of rotatable bonds is 4.